The van der Waals surface area contributed by atoms with Crippen molar-refractivity contribution in [1.82, 2.24) is 14.8 Å². The maximum absolute atomic E-state index is 12.9. The van der Waals surface area contributed by atoms with Gasteiger partial charge in [0.1, 0.15) is 0 Å². The molecule has 1 N–H and O–H groups in total. The molecule has 1 atom stereocenters. The first kappa shape index (κ1) is 16.9. The number of rotatable bonds is 3. The number of aliphatic hydroxyl groups excluding tert-OH is 1. The number of β-amino-alcohol motifs (C(OH)–C–C–N with tert-alkyl or cyclic N) is 1. The summed E-state index contributed by atoms with van der Waals surface area (Å²) in [5.74, 6) is 0.0548. The first-order valence-corrected chi connectivity index (χ1v) is 8.52. The molecule has 5 nitrogen and oxygen atoms in total. The Hall–Kier alpha value is -1.98. The predicted octanol–water partition coefficient (Wildman–Crippen LogP) is 1.99. The lowest BCUT2D eigenvalue weighted by Crippen LogP contribution is -2.50. The molecular formula is C19H25N3O2. The predicted molar refractivity (Wildman–Crippen MR) is 95.2 cm³/mol. The van der Waals surface area contributed by atoms with Gasteiger partial charge in [-0.1, -0.05) is 12.1 Å². The Morgan fingerprint density at radius 1 is 1.21 bits per heavy atom. The quantitative estimate of drug-likeness (QED) is 0.937. The largest absolute Gasteiger partial charge is 0.392 e. The van der Waals surface area contributed by atoms with Crippen LogP contribution in [0.1, 0.15) is 28.5 Å². The van der Waals surface area contributed by atoms with Crippen LogP contribution in [0.15, 0.2) is 24.3 Å². The molecule has 0 radical (unpaired) electrons. The minimum atomic E-state index is -0.331. The molecule has 0 bridgehead atoms. The number of pyridine rings is 1. The van der Waals surface area contributed by atoms with E-state index in [0.29, 0.717) is 25.2 Å². The number of aromatic nitrogens is 1. The third-order valence-corrected chi connectivity index (χ3v) is 4.58. The Bertz CT molecular complexity index is 750. The molecule has 1 unspecified atom stereocenters. The van der Waals surface area contributed by atoms with Crippen molar-refractivity contribution in [1.29, 1.82) is 0 Å². The molecule has 128 valence electrons. The first-order chi connectivity index (χ1) is 11.4. The van der Waals surface area contributed by atoms with Crippen LogP contribution in [-0.2, 0) is 0 Å². The Morgan fingerprint density at radius 3 is 2.58 bits per heavy atom. The smallest absolute Gasteiger partial charge is 0.255 e. The Labute approximate surface area is 142 Å². The average Bonchev–Trinajstić information content (AvgIpc) is 2.53. The lowest BCUT2D eigenvalue weighted by molar-refractivity contribution is 0.0553. The second-order valence-corrected chi connectivity index (χ2v) is 6.76. The molecule has 0 spiro atoms. The Morgan fingerprint density at radius 2 is 1.92 bits per heavy atom. The topological polar surface area (TPSA) is 56.7 Å². The van der Waals surface area contributed by atoms with Crippen LogP contribution >= 0.6 is 0 Å². The van der Waals surface area contributed by atoms with Gasteiger partial charge in [-0.05, 0) is 38.5 Å². The molecule has 2 aromatic rings. The van der Waals surface area contributed by atoms with Gasteiger partial charge in [-0.25, -0.2) is 0 Å². The van der Waals surface area contributed by atoms with Crippen molar-refractivity contribution in [3.05, 3.63) is 41.1 Å². The molecule has 1 aliphatic heterocycles. The van der Waals surface area contributed by atoms with Crippen LogP contribution in [0.5, 0.6) is 0 Å². The van der Waals surface area contributed by atoms with Crippen molar-refractivity contribution in [3.8, 4) is 0 Å². The third-order valence-electron chi connectivity index (χ3n) is 4.58. The number of carbonyl (C=O) groups excluding carboxylic acids is 1. The number of piperazine rings is 1. The van der Waals surface area contributed by atoms with E-state index in [2.05, 4.69) is 9.88 Å². The van der Waals surface area contributed by atoms with E-state index in [1.807, 2.05) is 43.0 Å². The van der Waals surface area contributed by atoms with Crippen molar-refractivity contribution in [2.24, 2.45) is 0 Å². The number of hydrogen-bond acceptors (Lipinski definition) is 4. The number of carbonyl (C=O) groups is 1. The summed E-state index contributed by atoms with van der Waals surface area (Å²) in [6.07, 6.45) is -0.331. The van der Waals surface area contributed by atoms with E-state index < -0.39 is 0 Å². The fourth-order valence-corrected chi connectivity index (χ4v) is 3.27. The summed E-state index contributed by atoms with van der Waals surface area (Å²) in [7, 11) is 0. The number of nitrogens with zero attached hydrogens (tertiary/aromatic N) is 3. The number of aryl methyl sites for hydroxylation is 2. The van der Waals surface area contributed by atoms with Crippen LogP contribution in [-0.4, -0.2) is 64.6 Å². The summed E-state index contributed by atoms with van der Waals surface area (Å²) in [6, 6.07) is 8.07. The SMILES string of the molecule is Cc1ccc2cc(C(=O)N3CCN(CC(C)O)CC3)c(C)nc2c1. The van der Waals surface area contributed by atoms with E-state index >= 15 is 0 Å². The van der Waals surface area contributed by atoms with Crippen LogP contribution in [0.2, 0.25) is 0 Å². The molecule has 1 saturated heterocycles. The molecule has 5 heteroatoms. The van der Waals surface area contributed by atoms with Crippen molar-refractivity contribution < 1.29 is 9.90 Å². The third kappa shape index (κ3) is 3.57. The molecular weight excluding hydrogens is 302 g/mol. The summed E-state index contributed by atoms with van der Waals surface area (Å²) in [5, 5.41) is 10.5. The summed E-state index contributed by atoms with van der Waals surface area (Å²) in [5.41, 5.74) is 3.58. The summed E-state index contributed by atoms with van der Waals surface area (Å²) >= 11 is 0. The lowest BCUT2D eigenvalue weighted by Gasteiger charge is -2.35. The molecule has 1 amide bonds. The average molecular weight is 327 g/mol. The lowest BCUT2D eigenvalue weighted by atomic mass is 10.1. The number of benzene rings is 1. The zero-order chi connectivity index (χ0) is 17.3. The van der Waals surface area contributed by atoms with E-state index in [1.165, 1.54) is 5.56 Å². The Kier molecular flexibility index (Phi) is 4.83. The number of fused-ring (bicyclic) bond motifs is 1. The van der Waals surface area contributed by atoms with Gasteiger partial charge in [0.05, 0.1) is 22.9 Å². The minimum absolute atomic E-state index is 0.0548. The number of aliphatic hydroxyl groups is 1. The van der Waals surface area contributed by atoms with Gasteiger partial charge in [-0.3, -0.25) is 14.7 Å². The normalized spacial score (nSPS) is 17.2. The van der Waals surface area contributed by atoms with Crippen LogP contribution in [0.25, 0.3) is 10.9 Å². The molecule has 1 fully saturated rings. The monoisotopic (exact) mass is 327 g/mol. The highest BCUT2D eigenvalue weighted by Gasteiger charge is 2.24. The molecule has 1 aliphatic rings. The minimum Gasteiger partial charge on any atom is -0.392 e. The second-order valence-electron chi connectivity index (χ2n) is 6.76. The summed E-state index contributed by atoms with van der Waals surface area (Å²) < 4.78 is 0. The first-order valence-electron chi connectivity index (χ1n) is 8.52. The van der Waals surface area contributed by atoms with Gasteiger partial charge in [0.25, 0.3) is 5.91 Å². The maximum atomic E-state index is 12.9. The van der Waals surface area contributed by atoms with Crippen LogP contribution < -0.4 is 0 Å². The van der Waals surface area contributed by atoms with E-state index in [-0.39, 0.29) is 12.0 Å². The summed E-state index contributed by atoms with van der Waals surface area (Å²) in [4.78, 5) is 21.6. The standard InChI is InChI=1S/C19H25N3O2/c1-13-4-5-16-11-17(15(3)20-18(16)10-13)19(24)22-8-6-21(7-9-22)12-14(2)23/h4-5,10-11,14,23H,6-9,12H2,1-3H3. The van der Waals surface area contributed by atoms with Crippen LogP contribution in [0.4, 0.5) is 0 Å². The highest BCUT2D eigenvalue weighted by Crippen LogP contribution is 2.20. The fourth-order valence-electron chi connectivity index (χ4n) is 3.27. The van der Waals surface area contributed by atoms with Crippen molar-refractivity contribution in [3.63, 3.8) is 0 Å². The van der Waals surface area contributed by atoms with Gasteiger partial charge in [0, 0.05) is 38.1 Å². The molecule has 2 heterocycles. The van der Waals surface area contributed by atoms with Gasteiger partial charge in [-0.2, -0.15) is 0 Å². The van der Waals surface area contributed by atoms with Crippen molar-refractivity contribution >= 4 is 16.8 Å². The molecule has 0 saturated carbocycles. The number of amides is 1. The Balaban J connectivity index is 1.77. The van der Waals surface area contributed by atoms with E-state index in [1.54, 1.807) is 6.92 Å². The van der Waals surface area contributed by atoms with Gasteiger partial charge < -0.3 is 10.0 Å². The van der Waals surface area contributed by atoms with Crippen LogP contribution in [0.3, 0.4) is 0 Å². The van der Waals surface area contributed by atoms with Crippen molar-refractivity contribution in [2.75, 3.05) is 32.7 Å². The second kappa shape index (κ2) is 6.87. The van der Waals surface area contributed by atoms with Gasteiger partial charge >= 0.3 is 0 Å². The zero-order valence-corrected chi connectivity index (χ0v) is 14.6. The molecule has 0 aliphatic carbocycles. The van der Waals surface area contributed by atoms with E-state index in [0.717, 1.165) is 29.7 Å². The molecule has 3 rings (SSSR count). The highest BCUT2D eigenvalue weighted by molar-refractivity contribution is 5.98. The molecule has 1 aromatic heterocycles. The zero-order valence-electron chi connectivity index (χ0n) is 14.6. The van der Waals surface area contributed by atoms with Gasteiger partial charge in [0.15, 0.2) is 0 Å². The summed E-state index contributed by atoms with van der Waals surface area (Å²) in [6.45, 7) is 9.39. The van der Waals surface area contributed by atoms with Crippen LogP contribution in [0, 0.1) is 13.8 Å². The van der Waals surface area contributed by atoms with Gasteiger partial charge in [-0.15, -0.1) is 0 Å². The fraction of sp³-hybridized carbons (Fsp3) is 0.474. The van der Waals surface area contributed by atoms with E-state index in [4.69, 9.17) is 0 Å². The molecule has 1 aromatic carbocycles. The highest BCUT2D eigenvalue weighted by atomic mass is 16.3. The number of hydrogen-bond donors (Lipinski definition) is 1. The van der Waals surface area contributed by atoms with E-state index in [9.17, 15) is 9.90 Å². The van der Waals surface area contributed by atoms with Crippen molar-refractivity contribution in [2.45, 2.75) is 26.9 Å². The maximum Gasteiger partial charge on any atom is 0.255 e. The molecule has 24 heavy (non-hydrogen) atoms. The van der Waals surface area contributed by atoms with Gasteiger partial charge in [0.2, 0.25) is 0 Å².